The first-order valence-electron chi connectivity index (χ1n) is 11.2. The minimum absolute atomic E-state index is 0.0182. The van der Waals surface area contributed by atoms with Crippen molar-refractivity contribution in [2.45, 2.75) is 56.4 Å². The van der Waals surface area contributed by atoms with Crippen LogP contribution in [0.25, 0.3) is 11.0 Å². The molecule has 1 N–H and O–H groups in total. The van der Waals surface area contributed by atoms with Crippen molar-refractivity contribution in [3.05, 3.63) is 69.7 Å². The molecule has 0 aliphatic heterocycles. The summed E-state index contributed by atoms with van der Waals surface area (Å²) in [4.78, 5) is 37.8. The molecule has 4 aromatic rings. The van der Waals surface area contributed by atoms with Crippen LogP contribution in [-0.2, 0) is 0 Å². The Morgan fingerprint density at radius 2 is 1.74 bits per heavy atom. The van der Waals surface area contributed by atoms with Gasteiger partial charge in [-0.3, -0.25) is 4.79 Å². The monoisotopic (exact) mass is 457 g/mol. The van der Waals surface area contributed by atoms with Crippen LogP contribution in [0.4, 0.5) is 4.39 Å². The molecule has 2 saturated carbocycles. The van der Waals surface area contributed by atoms with Gasteiger partial charge >= 0.3 is 0 Å². The predicted octanol–water partition coefficient (Wildman–Crippen LogP) is 2.86. The van der Waals surface area contributed by atoms with E-state index < -0.39 is 11.4 Å². The van der Waals surface area contributed by atoms with E-state index in [1.54, 1.807) is 17.1 Å². The third-order valence-corrected chi connectivity index (χ3v) is 6.77. The molecule has 0 radical (unpaired) electrons. The summed E-state index contributed by atoms with van der Waals surface area (Å²) >= 11 is 0. The first kappa shape index (κ1) is 20.5. The molecule has 0 spiro atoms. The lowest BCUT2D eigenvalue weighted by molar-refractivity contribution is 0.318. The normalized spacial score (nSPS) is 20.6. The van der Waals surface area contributed by atoms with Gasteiger partial charge in [-0.05, 0) is 32.6 Å². The molecule has 4 aromatic heterocycles. The van der Waals surface area contributed by atoms with Gasteiger partial charge < -0.3 is 4.98 Å². The van der Waals surface area contributed by atoms with Crippen molar-refractivity contribution in [2.75, 3.05) is 0 Å². The maximum absolute atomic E-state index is 13.3. The van der Waals surface area contributed by atoms with E-state index in [0.29, 0.717) is 23.2 Å². The van der Waals surface area contributed by atoms with Gasteiger partial charge in [-0.2, -0.15) is 10.4 Å². The second kappa shape index (κ2) is 7.76. The van der Waals surface area contributed by atoms with Gasteiger partial charge in [0.1, 0.15) is 28.9 Å². The number of hydrogen-bond donors (Lipinski definition) is 1. The van der Waals surface area contributed by atoms with Gasteiger partial charge in [0.05, 0.1) is 18.4 Å². The van der Waals surface area contributed by atoms with Crippen molar-refractivity contribution in [2.24, 2.45) is 0 Å². The standard InChI is InChI=1S/C23H20FN9O/c1-11(13-7-26-19(27-8-13)12-2-3-12)33-22-18(17(6-25)32-33)23(34)31-21(30-22)16-5-4-15(16)20-28-9-14(24)10-29-20/h7-12,15-16H,2-5H2,1H3,(H,30,31,34). The van der Waals surface area contributed by atoms with Gasteiger partial charge in [0.25, 0.3) is 5.56 Å². The zero-order valence-electron chi connectivity index (χ0n) is 18.3. The average Bonchev–Trinajstić information content (AvgIpc) is 3.60. The number of nitrogens with one attached hydrogen (secondary N) is 1. The fourth-order valence-corrected chi connectivity index (χ4v) is 4.49. The summed E-state index contributed by atoms with van der Waals surface area (Å²) in [5, 5.41) is 14.2. The molecule has 0 bridgehead atoms. The third-order valence-electron chi connectivity index (χ3n) is 6.77. The summed E-state index contributed by atoms with van der Waals surface area (Å²) in [7, 11) is 0. The highest BCUT2D eigenvalue weighted by molar-refractivity contribution is 5.80. The number of nitriles is 1. The highest BCUT2D eigenvalue weighted by atomic mass is 19.1. The molecule has 3 atom stereocenters. The number of aromatic amines is 1. The van der Waals surface area contributed by atoms with Crippen LogP contribution < -0.4 is 5.56 Å². The Balaban J connectivity index is 1.40. The molecule has 4 heterocycles. The van der Waals surface area contributed by atoms with Crippen LogP contribution in [0.5, 0.6) is 0 Å². The van der Waals surface area contributed by atoms with Crippen molar-refractivity contribution in [1.82, 2.24) is 39.7 Å². The van der Waals surface area contributed by atoms with Crippen LogP contribution in [0.1, 0.15) is 85.1 Å². The Morgan fingerprint density at radius 1 is 1.06 bits per heavy atom. The molecule has 0 aromatic carbocycles. The number of H-pyrrole nitrogens is 1. The molecule has 2 aliphatic rings. The molecular weight excluding hydrogens is 437 g/mol. The summed E-state index contributed by atoms with van der Waals surface area (Å²) < 4.78 is 14.8. The first-order valence-corrected chi connectivity index (χ1v) is 11.2. The number of hydrogen-bond acceptors (Lipinski definition) is 8. The summed E-state index contributed by atoms with van der Waals surface area (Å²) in [6.45, 7) is 1.91. The Labute approximate surface area is 193 Å². The van der Waals surface area contributed by atoms with Gasteiger partial charge in [-0.1, -0.05) is 0 Å². The number of aromatic nitrogens is 8. The molecule has 6 rings (SSSR count). The van der Waals surface area contributed by atoms with E-state index in [4.69, 9.17) is 4.98 Å². The van der Waals surface area contributed by atoms with E-state index >= 15 is 0 Å². The van der Waals surface area contributed by atoms with Crippen LogP contribution in [0.15, 0.2) is 29.6 Å². The number of nitrogens with zero attached hydrogens (tertiary/aromatic N) is 8. The molecule has 34 heavy (non-hydrogen) atoms. The Morgan fingerprint density at radius 3 is 2.35 bits per heavy atom. The van der Waals surface area contributed by atoms with Gasteiger partial charge in [0.15, 0.2) is 17.2 Å². The third kappa shape index (κ3) is 3.34. The zero-order chi connectivity index (χ0) is 23.4. The van der Waals surface area contributed by atoms with E-state index in [2.05, 4.69) is 30.0 Å². The van der Waals surface area contributed by atoms with E-state index in [1.807, 2.05) is 13.0 Å². The Bertz CT molecular complexity index is 1480. The molecule has 170 valence electrons. The van der Waals surface area contributed by atoms with E-state index in [9.17, 15) is 14.4 Å². The van der Waals surface area contributed by atoms with Gasteiger partial charge in [0.2, 0.25) is 0 Å². The van der Waals surface area contributed by atoms with Crippen molar-refractivity contribution >= 4 is 11.0 Å². The molecule has 10 nitrogen and oxygen atoms in total. The topological polar surface area (TPSA) is 139 Å². The fraction of sp³-hybridized carbons (Fsp3) is 0.391. The number of rotatable bonds is 5. The molecule has 0 amide bonds. The molecule has 11 heteroatoms. The minimum Gasteiger partial charge on any atom is -0.310 e. The summed E-state index contributed by atoms with van der Waals surface area (Å²) in [5.74, 6) is 1.61. The summed E-state index contributed by atoms with van der Waals surface area (Å²) in [5.41, 5.74) is 0.744. The smallest absolute Gasteiger partial charge is 0.263 e. The van der Waals surface area contributed by atoms with E-state index in [0.717, 1.165) is 49.5 Å². The molecule has 2 fully saturated rings. The maximum Gasteiger partial charge on any atom is 0.263 e. The Hall–Kier alpha value is -4.07. The molecule has 2 aliphatic carbocycles. The second-order valence-corrected chi connectivity index (χ2v) is 8.93. The Kier molecular flexibility index (Phi) is 4.69. The van der Waals surface area contributed by atoms with Crippen LogP contribution in [0.3, 0.4) is 0 Å². The molecule has 0 saturated heterocycles. The summed E-state index contributed by atoms with van der Waals surface area (Å²) in [6.07, 6.45) is 9.65. The number of fused-ring (bicyclic) bond motifs is 1. The summed E-state index contributed by atoms with van der Waals surface area (Å²) in [6, 6.07) is 1.67. The van der Waals surface area contributed by atoms with Gasteiger partial charge in [0, 0.05) is 35.7 Å². The van der Waals surface area contributed by atoms with Crippen molar-refractivity contribution < 1.29 is 4.39 Å². The van der Waals surface area contributed by atoms with Gasteiger partial charge in [-0.15, -0.1) is 0 Å². The lowest BCUT2D eigenvalue weighted by Crippen LogP contribution is -2.28. The zero-order valence-corrected chi connectivity index (χ0v) is 18.3. The number of halogens is 1. The van der Waals surface area contributed by atoms with Crippen LogP contribution in [0, 0.1) is 17.1 Å². The van der Waals surface area contributed by atoms with Crippen molar-refractivity contribution in [1.29, 1.82) is 5.26 Å². The van der Waals surface area contributed by atoms with Crippen LogP contribution in [0.2, 0.25) is 0 Å². The first-order chi connectivity index (χ1) is 16.5. The molecular formula is C23H20FN9O. The lowest BCUT2D eigenvalue weighted by atomic mass is 9.72. The largest absolute Gasteiger partial charge is 0.310 e. The van der Waals surface area contributed by atoms with Crippen molar-refractivity contribution in [3.8, 4) is 6.07 Å². The van der Waals surface area contributed by atoms with Gasteiger partial charge in [-0.25, -0.2) is 34.0 Å². The van der Waals surface area contributed by atoms with E-state index in [-0.39, 0.29) is 29.0 Å². The van der Waals surface area contributed by atoms with Crippen molar-refractivity contribution in [3.63, 3.8) is 0 Å². The van der Waals surface area contributed by atoms with Crippen LogP contribution in [-0.4, -0.2) is 39.7 Å². The lowest BCUT2D eigenvalue weighted by Gasteiger charge is -2.34. The SMILES string of the molecule is CC(c1cnc(C2CC2)nc1)n1nc(C#N)c2c(=O)[nH]c(C3CCC3c3ncc(F)cn3)nc21. The average molecular weight is 457 g/mol. The second-order valence-electron chi connectivity index (χ2n) is 8.93. The maximum atomic E-state index is 13.3. The minimum atomic E-state index is -0.497. The molecule has 3 unspecified atom stereocenters. The quantitative estimate of drug-likeness (QED) is 0.483. The fourth-order valence-electron chi connectivity index (χ4n) is 4.49. The highest BCUT2D eigenvalue weighted by Gasteiger charge is 2.38. The predicted molar refractivity (Wildman–Crippen MR) is 117 cm³/mol. The highest BCUT2D eigenvalue weighted by Crippen LogP contribution is 2.46. The van der Waals surface area contributed by atoms with Crippen LogP contribution >= 0.6 is 0 Å². The van der Waals surface area contributed by atoms with E-state index in [1.165, 1.54) is 0 Å².